The molecule has 0 aliphatic carbocycles. The van der Waals surface area contributed by atoms with E-state index in [-0.39, 0.29) is 30.0 Å². The molecule has 2 N–H and O–H groups in total. The van der Waals surface area contributed by atoms with Gasteiger partial charge in [0.2, 0.25) is 0 Å². The second-order valence-electron chi connectivity index (χ2n) is 6.92. The van der Waals surface area contributed by atoms with E-state index in [1.807, 2.05) is 37.4 Å². The summed E-state index contributed by atoms with van der Waals surface area (Å²) in [6, 6.07) is 10.3. The fourth-order valence-corrected chi connectivity index (χ4v) is 3.45. The van der Waals surface area contributed by atoms with Crippen LogP contribution in [0.15, 0.2) is 45.9 Å². The Morgan fingerprint density at radius 3 is 2.68 bits per heavy atom. The Morgan fingerprint density at radius 1 is 1.21 bits per heavy atom. The van der Waals surface area contributed by atoms with Crippen LogP contribution in [0.5, 0.6) is 0 Å². The third-order valence-electron chi connectivity index (χ3n) is 4.84. The van der Waals surface area contributed by atoms with Gasteiger partial charge in [0.1, 0.15) is 11.5 Å². The van der Waals surface area contributed by atoms with Crippen LogP contribution in [0.4, 0.5) is 0 Å². The van der Waals surface area contributed by atoms with Gasteiger partial charge in [-0.1, -0.05) is 6.07 Å². The number of nitrogens with one attached hydrogen (secondary N) is 2. The summed E-state index contributed by atoms with van der Waals surface area (Å²) < 4.78 is 5.93. The molecule has 154 valence electrons. The molecule has 28 heavy (non-hydrogen) atoms. The molecule has 2 aromatic rings. The molecular formula is C21H32IN5O. The van der Waals surface area contributed by atoms with Crippen LogP contribution in [-0.2, 0) is 6.42 Å². The Hall–Kier alpha value is -1.61. The molecular weight excluding hydrogens is 465 g/mol. The summed E-state index contributed by atoms with van der Waals surface area (Å²) in [6.45, 7) is 8.64. The lowest BCUT2D eigenvalue weighted by atomic mass is 10.2. The number of guanidine groups is 1. The van der Waals surface area contributed by atoms with Crippen molar-refractivity contribution in [3.05, 3.63) is 53.7 Å². The Kier molecular flexibility index (Phi) is 9.77. The molecule has 1 fully saturated rings. The predicted octanol–water partition coefficient (Wildman–Crippen LogP) is 3.54. The van der Waals surface area contributed by atoms with Gasteiger partial charge < -0.3 is 15.1 Å². The van der Waals surface area contributed by atoms with Gasteiger partial charge in [0.05, 0.1) is 12.6 Å². The Balaban J connectivity index is 0.00000280. The highest BCUT2D eigenvalue weighted by molar-refractivity contribution is 14.0. The summed E-state index contributed by atoms with van der Waals surface area (Å²) in [6.07, 6.45) is 5.21. The fourth-order valence-electron chi connectivity index (χ4n) is 3.45. The first-order valence-corrected chi connectivity index (χ1v) is 9.98. The van der Waals surface area contributed by atoms with Crippen molar-refractivity contribution in [3.63, 3.8) is 0 Å². The Labute approximate surface area is 185 Å². The van der Waals surface area contributed by atoms with Crippen LogP contribution in [0, 0.1) is 6.92 Å². The number of aryl methyl sites for hydroxylation is 1. The van der Waals surface area contributed by atoms with Crippen LogP contribution in [0.2, 0.25) is 0 Å². The van der Waals surface area contributed by atoms with E-state index in [9.17, 15) is 0 Å². The average Bonchev–Trinajstić information content (AvgIpc) is 3.35. The largest absolute Gasteiger partial charge is 0.465 e. The van der Waals surface area contributed by atoms with Crippen molar-refractivity contribution >= 4 is 29.9 Å². The molecule has 3 heterocycles. The van der Waals surface area contributed by atoms with Crippen LogP contribution >= 0.6 is 24.0 Å². The van der Waals surface area contributed by atoms with Crippen LogP contribution in [0.3, 0.4) is 0 Å². The molecule has 1 aliphatic rings. The zero-order chi connectivity index (χ0) is 18.9. The van der Waals surface area contributed by atoms with Gasteiger partial charge in [0.15, 0.2) is 5.96 Å². The minimum atomic E-state index is 0. The topological polar surface area (TPSA) is 65.7 Å². The van der Waals surface area contributed by atoms with E-state index in [4.69, 9.17) is 9.41 Å². The highest BCUT2D eigenvalue weighted by atomic mass is 127. The van der Waals surface area contributed by atoms with Crippen molar-refractivity contribution in [1.29, 1.82) is 0 Å². The monoisotopic (exact) mass is 497 g/mol. The SMILES string of the molecule is CCNC(=NCC(c1ccc(C)o1)N1CCCC1)NCCc1ccccn1.I. The summed E-state index contributed by atoms with van der Waals surface area (Å²) >= 11 is 0. The van der Waals surface area contributed by atoms with Crippen molar-refractivity contribution in [2.75, 3.05) is 32.7 Å². The molecule has 1 atom stereocenters. The van der Waals surface area contributed by atoms with Crippen molar-refractivity contribution in [2.24, 2.45) is 4.99 Å². The third-order valence-corrected chi connectivity index (χ3v) is 4.84. The number of rotatable bonds is 8. The van der Waals surface area contributed by atoms with Gasteiger partial charge in [-0.3, -0.25) is 14.9 Å². The van der Waals surface area contributed by atoms with Crippen molar-refractivity contribution in [3.8, 4) is 0 Å². The molecule has 1 unspecified atom stereocenters. The first-order chi connectivity index (χ1) is 13.3. The number of aliphatic imine (C=N–C) groups is 1. The van der Waals surface area contributed by atoms with Gasteiger partial charge in [-0.05, 0) is 64.0 Å². The minimum absolute atomic E-state index is 0. The zero-order valence-corrected chi connectivity index (χ0v) is 19.2. The fraction of sp³-hybridized carbons (Fsp3) is 0.524. The highest BCUT2D eigenvalue weighted by Crippen LogP contribution is 2.26. The Morgan fingerprint density at radius 2 is 2.04 bits per heavy atom. The summed E-state index contributed by atoms with van der Waals surface area (Å²) in [7, 11) is 0. The zero-order valence-electron chi connectivity index (χ0n) is 16.9. The summed E-state index contributed by atoms with van der Waals surface area (Å²) in [5.41, 5.74) is 1.09. The smallest absolute Gasteiger partial charge is 0.191 e. The number of halogens is 1. The maximum Gasteiger partial charge on any atom is 0.191 e. The highest BCUT2D eigenvalue weighted by Gasteiger charge is 2.25. The molecule has 3 rings (SSSR count). The first-order valence-electron chi connectivity index (χ1n) is 9.98. The molecule has 0 spiro atoms. The van der Waals surface area contributed by atoms with Gasteiger partial charge in [0.25, 0.3) is 0 Å². The maximum absolute atomic E-state index is 5.93. The second-order valence-corrected chi connectivity index (χ2v) is 6.92. The predicted molar refractivity (Wildman–Crippen MR) is 124 cm³/mol. The van der Waals surface area contributed by atoms with Crippen LogP contribution < -0.4 is 10.6 Å². The third kappa shape index (κ3) is 6.77. The molecule has 0 radical (unpaired) electrons. The number of hydrogen-bond donors (Lipinski definition) is 2. The van der Waals surface area contributed by atoms with Crippen molar-refractivity contribution < 1.29 is 4.42 Å². The second kappa shape index (κ2) is 12.1. The van der Waals surface area contributed by atoms with Crippen LogP contribution in [0.1, 0.15) is 43.0 Å². The van der Waals surface area contributed by atoms with Gasteiger partial charge in [-0.15, -0.1) is 24.0 Å². The standard InChI is InChI=1S/C21H31N5O.HI/c1-3-22-21(24-13-11-18-8-4-5-12-23-18)25-16-19(26-14-6-7-15-26)20-10-9-17(2)27-20;/h4-5,8-10,12,19H,3,6-7,11,13-16H2,1-2H3,(H2,22,24,25);1H. The molecule has 0 amide bonds. The molecule has 1 aliphatic heterocycles. The normalized spacial score (nSPS) is 15.9. The van der Waals surface area contributed by atoms with E-state index in [0.29, 0.717) is 6.54 Å². The van der Waals surface area contributed by atoms with Gasteiger partial charge in [-0.2, -0.15) is 0 Å². The maximum atomic E-state index is 5.93. The summed E-state index contributed by atoms with van der Waals surface area (Å²) in [5.74, 6) is 2.82. The van der Waals surface area contributed by atoms with Gasteiger partial charge in [0, 0.05) is 31.4 Å². The molecule has 0 aromatic carbocycles. The molecule has 6 nitrogen and oxygen atoms in total. The van der Waals surface area contributed by atoms with E-state index < -0.39 is 0 Å². The molecule has 1 saturated heterocycles. The quantitative estimate of drug-likeness (QED) is 0.332. The van der Waals surface area contributed by atoms with E-state index in [1.54, 1.807) is 0 Å². The summed E-state index contributed by atoms with van der Waals surface area (Å²) in [4.78, 5) is 11.7. The van der Waals surface area contributed by atoms with E-state index in [2.05, 4.69) is 33.5 Å². The lowest BCUT2D eigenvalue weighted by Crippen LogP contribution is -2.39. The van der Waals surface area contributed by atoms with Crippen molar-refractivity contribution in [2.45, 2.75) is 39.2 Å². The number of aromatic nitrogens is 1. The summed E-state index contributed by atoms with van der Waals surface area (Å²) in [5, 5.41) is 6.76. The lowest BCUT2D eigenvalue weighted by Gasteiger charge is -2.24. The average molecular weight is 497 g/mol. The van der Waals surface area contributed by atoms with Gasteiger partial charge in [-0.25, -0.2) is 0 Å². The Bertz CT molecular complexity index is 713. The first kappa shape index (κ1) is 22.7. The number of nitrogens with zero attached hydrogens (tertiary/aromatic N) is 3. The van der Waals surface area contributed by atoms with Crippen molar-refractivity contribution in [1.82, 2.24) is 20.5 Å². The molecule has 2 aromatic heterocycles. The van der Waals surface area contributed by atoms with E-state index >= 15 is 0 Å². The molecule has 0 saturated carbocycles. The van der Waals surface area contributed by atoms with E-state index in [1.165, 1.54) is 12.8 Å². The minimum Gasteiger partial charge on any atom is -0.465 e. The van der Waals surface area contributed by atoms with E-state index in [0.717, 1.165) is 55.8 Å². The number of pyridine rings is 1. The van der Waals surface area contributed by atoms with Crippen LogP contribution in [0.25, 0.3) is 0 Å². The number of furan rings is 1. The van der Waals surface area contributed by atoms with Crippen LogP contribution in [-0.4, -0.2) is 48.6 Å². The number of likely N-dealkylation sites (tertiary alicyclic amines) is 1. The molecule has 7 heteroatoms. The number of hydrogen-bond acceptors (Lipinski definition) is 4. The van der Waals surface area contributed by atoms with Gasteiger partial charge >= 0.3 is 0 Å². The molecule has 0 bridgehead atoms. The lowest BCUT2D eigenvalue weighted by molar-refractivity contribution is 0.219.